The summed E-state index contributed by atoms with van der Waals surface area (Å²) in [5, 5.41) is 16.4. The third-order valence-electron chi connectivity index (χ3n) is 26.9. The molecule has 0 aliphatic carbocycles. The molecule has 0 saturated carbocycles. The Morgan fingerprint density at radius 3 is 1.12 bits per heavy atom. The predicted molar refractivity (Wildman–Crippen MR) is 521 cm³/mol. The Morgan fingerprint density at radius 2 is 0.536 bits per heavy atom. The summed E-state index contributed by atoms with van der Waals surface area (Å²) in [6, 6.07) is 158. The highest BCUT2D eigenvalue weighted by Gasteiger charge is 2.32. The van der Waals surface area contributed by atoms with Crippen LogP contribution >= 0.6 is 0 Å². The minimum atomic E-state index is 0.865. The van der Waals surface area contributed by atoms with Crippen LogP contribution in [0.3, 0.4) is 0 Å². The molecule has 28 rings (SSSR count). The summed E-state index contributed by atoms with van der Waals surface area (Å²) in [6.07, 6.45) is 0. The lowest BCUT2D eigenvalue weighted by atomic mass is 9.95. The summed E-state index contributed by atoms with van der Waals surface area (Å²) < 4.78 is 22.5. The molecule has 0 atom stereocenters. The van der Waals surface area contributed by atoms with Crippen molar-refractivity contribution < 1.29 is 0 Å². The van der Waals surface area contributed by atoms with Crippen LogP contribution in [0.25, 0.3) is 248 Å². The fourth-order valence-electron chi connectivity index (χ4n) is 22.1. The summed E-state index contributed by atoms with van der Waals surface area (Å²) >= 11 is 0. The second kappa shape index (κ2) is 25.8. The van der Waals surface area contributed by atoms with E-state index in [1.165, 1.54) is 43.1 Å². The highest BCUT2D eigenvalue weighted by molar-refractivity contribution is 6.27. The van der Waals surface area contributed by atoms with E-state index in [1.54, 1.807) is 0 Å². The van der Waals surface area contributed by atoms with E-state index in [0.29, 0.717) is 0 Å². The first kappa shape index (κ1) is 67.9. The van der Waals surface area contributed by atoms with Gasteiger partial charge in [-0.15, -0.1) is 0 Å². The van der Waals surface area contributed by atoms with Gasteiger partial charge in [-0.2, -0.15) is 0 Å². The van der Waals surface area contributed by atoms with E-state index in [2.05, 4.69) is 466 Å². The van der Waals surface area contributed by atoms with Gasteiger partial charge in [0.1, 0.15) is 0 Å². The fourth-order valence-corrected chi connectivity index (χ4v) is 22.1. The number of para-hydroxylation sites is 16. The van der Waals surface area contributed by atoms with Crippen LogP contribution in [0.4, 0.5) is 0 Å². The Hall–Kier alpha value is -17.0. The van der Waals surface area contributed by atoms with Gasteiger partial charge in [0.15, 0.2) is 0 Å². The van der Waals surface area contributed by atoms with Crippen molar-refractivity contribution in [2.24, 2.45) is 0 Å². The molecule has 9 heterocycles. The molecular formula is C115H70N10. The van der Waals surface area contributed by atoms with E-state index < -0.39 is 0 Å². The second-order valence-electron chi connectivity index (χ2n) is 33.2. The summed E-state index contributed by atoms with van der Waals surface area (Å²) in [4.78, 5) is 5.44. The van der Waals surface area contributed by atoms with Crippen molar-refractivity contribution in [2.75, 3.05) is 0 Å². The molecule has 0 aliphatic rings. The molecule has 0 radical (unpaired) electrons. The van der Waals surface area contributed by atoms with Gasteiger partial charge in [-0.3, -0.25) is 8.97 Å². The van der Waals surface area contributed by atoms with Gasteiger partial charge in [-0.25, -0.2) is 4.98 Å². The summed E-state index contributed by atoms with van der Waals surface area (Å²) in [7, 11) is 0. The largest absolute Gasteiger partial charge is 0.307 e. The smallest absolute Gasteiger partial charge is 0.220 e. The number of aromatic nitrogens is 10. The Morgan fingerprint density at radius 1 is 0.168 bits per heavy atom. The van der Waals surface area contributed by atoms with Crippen molar-refractivity contribution >= 4 is 180 Å². The Labute approximate surface area is 714 Å². The molecule has 125 heavy (non-hydrogen) atoms. The van der Waals surface area contributed by atoms with Crippen LogP contribution in [0.5, 0.6) is 0 Å². The molecule has 0 spiro atoms. The molecule has 10 heteroatoms. The van der Waals surface area contributed by atoms with Crippen LogP contribution in [0, 0.1) is 0 Å². The third-order valence-corrected chi connectivity index (χ3v) is 26.9. The second-order valence-corrected chi connectivity index (χ2v) is 33.2. The minimum absolute atomic E-state index is 0.865. The number of benzene rings is 19. The molecule has 10 nitrogen and oxygen atoms in total. The van der Waals surface area contributed by atoms with E-state index in [-0.39, 0.29) is 0 Å². The summed E-state index contributed by atoms with van der Waals surface area (Å²) in [5.74, 6) is 0.865. The van der Waals surface area contributed by atoms with Gasteiger partial charge in [-0.05, 0) is 180 Å². The van der Waals surface area contributed by atoms with E-state index in [0.717, 1.165) is 205 Å². The number of imidazole rings is 2. The van der Waals surface area contributed by atoms with Crippen molar-refractivity contribution in [3.8, 4) is 67.8 Å². The van der Waals surface area contributed by atoms with E-state index in [9.17, 15) is 0 Å². The maximum atomic E-state index is 5.44. The van der Waals surface area contributed by atoms with Crippen molar-refractivity contribution in [3.63, 3.8) is 0 Å². The number of fused-ring (bicyclic) bond motifs is 26. The normalized spacial score (nSPS) is 12.3. The lowest BCUT2D eigenvalue weighted by Gasteiger charge is -2.20. The lowest BCUT2D eigenvalue weighted by molar-refractivity contribution is 1.08. The summed E-state index contributed by atoms with van der Waals surface area (Å²) in [5.41, 5.74) is 32.9. The number of rotatable bonds is 10. The first-order valence-electron chi connectivity index (χ1n) is 42.9. The Bertz CT molecular complexity index is 9390. The highest BCUT2D eigenvalue weighted by atomic mass is 15.2. The van der Waals surface area contributed by atoms with Crippen molar-refractivity contribution in [1.29, 1.82) is 0 Å². The van der Waals surface area contributed by atoms with Crippen LogP contribution in [0.15, 0.2) is 425 Å². The zero-order valence-electron chi connectivity index (χ0n) is 67.4. The molecule has 0 bridgehead atoms. The fraction of sp³-hybridized carbons (Fsp3) is 0. The van der Waals surface area contributed by atoms with Gasteiger partial charge in [0, 0.05) is 92.5 Å². The van der Waals surface area contributed by atoms with Crippen molar-refractivity contribution in [3.05, 3.63) is 425 Å². The van der Waals surface area contributed by atoms with Gasteiger partial charge in [0.25, 0.3) is 0 Å². The zero-order valence-corrected chi connectivity index (χ0v) is 67.4. The quantitative estimate of drug-likeness (QED) is 0.135. The molecular weight excluding hydrogens is 1520 g/mol. The van der Waals surface area contributed by atoms with Crippen molar-refractivity contribution in [1.82, 2.24) is 45.9 Å². The van der Waals surface area contributed by atoms with Crippen LogP contribution in [-0.4, -0.2) is 45.9 Å². The average molecular weight is 1590 g/mol. The molecule has 580 valence electrons. The lowest BCUT2D eigenvalue weighted by Crippen LogP contribution is -2.07. The van der Waals surface area contributed by atoms with Gasteiger partial charge in [0.2, 0.25) is 5.78 Å². The molecule has 0 aliphatic heterocycles. The van der Waals surface area contributed by atoms with E-state index in [4.69, 9.17) is 4.98 Å². The standard InChI is InChI=1S/C115H70N10/c1-4-32-72(33-5-1)117-90-50-18-14-42-80(90)84-66-69-106(121-93-53-21-12-40-78(93)79-41-13-22-54-94(79)121)114(112(84)117)123-95-55-23-15-43-81(95)88-70-71(64-67-97(88)123)75-65-68-105(113-109(75)87-48-31-62-103(111(87)119(113)74-36-8-3-9-37-74)120-91-51-19-10-38-76(91)77-39-11-20-52-92(77)120)122-96-56-24-16-44-85(96)107-82(45-29-61-102(107)122)83-46-28-60-101-108(83)86-47-30-63-104(110(86)118(101)73-34-6-2-7-35-73)125-100-59-27-26-58-99(100)124-98-57-25-17-49-89(98)116-115(124)125/h1-70H. The first-order valence-corrected chi connectivity index (χ1v) is 42.9. The van der Waals surface area contributed by atoms with Crippen LogP contribution in [0.2, 0.25) is 0 Å². The van der Waals surface area contributed by atoms with Gasteiger partial charge >= 0.3 is 0 Å². The van der Waals surface area contributed by atoms with Gasteiger partial charge in [0.05, 0.1) is 128 Å². The Kier molecular flexibility index (Phi) is 14.0. The molecule has 0 unspecified atom stereocenters. The molecule has 0 saturated heterocycles. The van der Waals surface area contributed by atoms with Gasteiger partial charge < -0.3 is 32.0 Å². The predicted octanol–water partition coefficient (Wildman–Crippen LogP) is 29.4. The maximum absolute atomic E-state index is 5.44. The number of nitrogens with zero attached hydrogens (tertiary/aromatic N) is 10. The molecule has 0 N–H and O–H groups in total. The maximum Gasteiger partial charge on any atom is 0.220 e. The topological polar surface area (TPSA) is 56.7 Å². The minimum Gasteiger partial charge on any atom is -0.307 e. The molecule has 0 amide bonds. The number of hydrogen-bond acceptors (Lipinski definition) is 1. The zero-order chi connectivity index (χ0) is 81.4. The third kappa shape index (κ3) is 9.27. The molecule has 9 aromatic heterocycles. The monoisotopic (exact) mass is 1590 g/mol. The molecule has 28 aromatic rings. The Balaban J connectivity index is 0.731. The number of hydrogen-bond donors (Lipinski definition) is 0. The van der Waals surface area contributed by atoms with Crippen molar-refractivity contribution in [2.45, 2.75) is 0 Å². The van der Waals surface area contributed by atoms with E-state index >= 15 is 0 Å². The highest BCUT2D eigenvalue weighted by Crippen LogP contribution is 2.52. The molecule has 19 aromatic carbocycles. The molecule has 0 fully saturated rings. The average Bonchev–Trinajstić information content (AvgIpc) is 1.54. The van der Waals surface area contributed by atoms with Crippen LogP contribution in [-0.2, 0) is 0 Å². The summed E-state index contributed by atoms with van der Waals surface area (Å²) in [6.45, 7) is 0. The van der Waals surface area contributed by atoms with Crippen LogP contribution < -0.4 is 0 Å². The van der Waals surface area contributed by atoms with Gasteiger partial charge in [-0.1, -0.05) is 267 Å². The SMILES string of the molecule is c1ccc(-n2c3ccccc3c3ccc(-n4c5ccccc5c5ccccc54)c(-n4c5ccccc5c5cc(-c6ccc(-n7c8ccccc8c8c(-c9cccc%10c9c9cccc(-n%11c%12ccccc%12n%12c%13ccccc%13nc%11%12)c9n%10-c9ccccc9)cccc87)c7c6c6cccc(-n8c9ccccc9c9ccccc98)c6n7-c6ccccc6)ccc54)c32)cc1. The van der Waals surface area contributed by atoms with Crippen LogP contribution in [0.1, 0.15) is 0 Å². The van der Waals surface area contributed by atoms with E-state index in [1.807, 2.05) is 0 Å². The first-order chi connectivity index (χ1) is 62.1.